The maximum Gasteiger partial charge on any atom is 0.311 e. The lowest BCUT2D eigenvalue weighted by Gasteiger charge is -2.10. The molecule has 0 aliphatic carbocycles. The minimum atomic E-state index is -0.428. The minimum Gasteiger partial charge on any atom is -0.378 e. The van der Waals surface area contributed by atoms with Gasteiger partial charge in [-0.1, -0.05) is 22.0 Å². The summed E-state index contributed by atoms with van der Waals surface area (Å²) in [5, 5.41) is 23.6. The van der Waals surface area contributed by atoms with Gasteiger partial charge in [0, 0.05) is 29.0 Å². The SMILES string of the molecule is O=[N+]([O-])c1cnc2ccc(Br)cc2c1NCCc1nnc2ccccn12. The topological polar surface area (TPSA) is 98.2 Å². The summed E-state index contributed by atoms with van der Waals surface area (Å²) in [4.78, 5) is 15.2. The Balaban J connectivity index is 1.64. The van der Waals surface area contributed by atoms with E-state index in [1.165, 1.54) is 6.20 Å². The van der Waals surface area contributed by atoms with E-state index in [9.17, 15) is 10.1 Å². The number of pyridine rings is 2. The zero-order chi connectivity index (χ0) is 18.1. The lowest BCUT2D eigenvalue weighted by molar-refractivity contribution is -0.384. The van der Waals surface area contributed by atoms with Crippen molar-refractivity contribution in [3.8, 4) is 0 Å². The molecular formula is C17H13BrN6O2. The first-order valence-electron chi connectivity index (χ1n) is 7.88. The predicted octanol–water partition coefficient (Wildman–Crippen LogP) is 3.60. The summed E-state index contributed by atoms with van der Waals surface area (Å²) in [6.45, 7) is 0.474. The Labute approximate surface area is 156 Å². The molecule has 4 aromatic rings. The van der Waals surface area contributed by atoms with Gasteiger partial charge in [-0.2, -0.15) is 0 Å². The molecule has 0 aliphatic heterocycles. The molecule has 0 fully saturated rings. The van der Waals surface area contributed by atoms with E-state index in [1.54, 1.807) is 0 Å². The molecule has 130 valence electrons. The van der Waals surface area contributed by atoms with Crippen LogP contribution < -0.4 is 5.32 Å². The Bertz CT molecular complexity index is 1130. The number of benzene rings is 1. The zero-order valence-corrected chi connectivity index (χ0v) is 15.0. The highest BCUT2D eigenvalue weighted by Crippen LogP contribution is 2.33. The van der Waals surface area contributed by atoms with Crippen molar-refractivity contribution in [3.05, 3.63) is 69.2 Å². The fourth-order valence-electron chi connectivity index (χ4n) is 2.84. The van der Waals surface area contributed by atoms with Crippen LogP contribution in [0.3, 0.4) is 0 Å². The van der Waals surface area contributed by atoms with E-state index in [2.05, 4.69) is 36.4 Å². The summed E-state index contributed by atoms with van der Waals surface area (Å²) < 4.78 is 2.73. The summed E-state index contributed by atoms with van der Waals surface area (Å²) in [7, 11) is 0. The quantitative estimate of drug-likeness (QED) is 0.397. The summed E-state index contributed by atoms with van der Waals surface area (Å²) >= 11 is 3.41. The molecule has 3 aromatic heterocycles. The van der Waals surface area contributed by atoms with Crippen molar-refractivity contribution in [2.75, 3.05) is 11.9 Å². The molecule has 0 spiro atoms. The normalized spacial score (nSPS) is 11.1. The number of fused-ring (bicyclic) bond motifs is 2. The van der Waals surface area contributed by atoms with E-state index >= 15 is 0 Å². The van der Waals surface area contributed by atoms with Gasteiger partial charge in [0.15, 0.2) is 5.65 Å². The molecule has 4 rings (SSSR count). The Hall–Kier alpha value is -3.07. The van der Waals surface area contributed by atoms with Crippen LogP contribution in [0.15, 0.2) is 53.3 Å². The van der Waals surface area contributed by atoms with Gasteiger partial charge in [0.2, 0.25) is 0 Å². The Morgan fingerprint density at radius 2 is 2.12 bits per heavy atom. The number of nitro groups is 1. The third-order valence-electron chi connectivity index (χ3n) is 4.04. The monoisotopic (exact) mass is 412 g/mol. The van der Waals surface area contributed by atoms with Gasteiger partial charge in [-0.05, 0) is 30.3 Å². The molecule has 9 heteroatoms. The number of nitrogens with zero attached hydrogens (tertiary/aromatic N) is 5. The average molecular weight is 413 g/mol. The number of hydrogen-bond donors (Lipinski definition) is 1. The van der Waals surface area contributed by atoms with E-state index in [0.717, 1.165) is 15.9 Å². The highest BCUT2D eigenvalue weighted by molar-refractivity contribution is 9.10. The van der Waals surface area contributed by atoms with Crippen molar-refractivity contribution < 1.29 is 4.92 Å². The van der Waals surface area contributed by atoms with Crippen molar-refractivity contribution in [1.82, 2.24) is 19.6 Å². The first-order valence-corrected chi connectivity index (χ1v) is 8.68. The standard InChI is InChI=1S/C17H13BrN6O2/c18-11-4-5-13-12(9-11)17(14(10-20-13)24(25)26)19-7-6-16-22-21-15-3-1-2-8-23(15)16/h1-5,8-10H,6-7H2,(H,19,20). The highest BCUT2D eigenvalue weighted by atomic mass is 79.9. The first kappa shape index (κ1) is 16.4. The molecule has 0 aliphatic rings. The van der Waals surface area contributed by atoms with Crippen LogP contribution in [-0.4, -0.2) is 31.1 Å². The molecular weight excluding hydrogens is 400 g/mol. The predicted molar refractivity (Wildman–Crippen MR) is 101 cm³/mol. The summed E-state index contributed by atoms with van der Waals surface area (Å²) in [6, 6.07) is 11.2. The molecule has 1 N–H and O–H groups in total. The van der Waals surface area contributed by atoms with Crippen LogP contribution >= 0.6 is 15.9 Å². The Morgan fingerprint density at radius 3 is 2.96 bits per heavy atom. The summed E-state index contributed by atoms with van der Waals surface area (Å²) in [6.07, 6.45) is 3.75. The van der Waals surface area contributed by atoms with Crippen LogP contribution in [0.5, 0.6) is 0 Å². The lowest BCUT2D eigenvalue weighted by atomic mass is 10.1. The van der Waals surface area contributed by atoms with Crippen molar-refractivity contribution in [2.45, 2.75) is 6.42 Å². The largest absolute Gasteiger partial charge is 0.378 e. The maximum absolute atomic E-state index is 11.4. The second-order valence-electron chi connectivity index (χ2n) is 5.66. The maximum atomic E-state index is 11.4. The van der Waals surface area contributed by atoms with Gasteiger partial charge >= 0.3 is 5.69 Å². The van der Waals surface area contributed by atoms with Crippen molar-refractivity contribution >= 4 is 43.9 Å². The van der Waals surface area contributed by atoms with Gasteiger partial charge in [0.25, 0.3) is 0 Å². The third-order valence-corrected chi connectivity index (χ3v) is 4.53. The highest BCUT2D eigenvalue weighted by Gasteiger charge is 2.18. The van der Waals surface area contributed by atoms with Crippen LogP contribution in [0.1, 0.15) is 5.82 Å². The fourth-order valence-corrected chi connectivity index (χ4v) is 3.20. The van der Waals surface area contributed by atoms with Gasteiger partial charge in [-0.25, -0.2) is 4.98 Å². The van der Waals surface area contributed by atoms with Crippen LogP contribution in [0.4, 0.5) is 11.4 Å². The molecule has 26 heavy (non-hydrogen) atoms. The number of halogens is 1. The smallest absolute Gasteiger partial charge is 0.311 e. The fraction of sp³-hybridized carbons (Fsp3) is 0.118. The summed E-state index contributed by atoms with van der Waals surface area (Å²) in [5.41, 5.74) is 1.86. The molecule has 0 saturated heterocycles. The van der Waals surface area contributed by atoms with Crippen LogP contribution in [-0.2, 0) is 6.42 Å². The molecule has 0 unspecified atom stereocenters. The van der Waals surface area contributed by atoms with Crippen molar-refractivity contribution in [3.63, 3.8) is 0 Å². The van der Waals surface area contributed by atoms with Crippen molar-refractivity contribution in [1.29, 1.82) is 0 Å². The lowest BCUT2D eigenvalue weighted by Crippen LogP contribution is -2.10. The molecule has 0 bridgehead atoms. The van der Waals surface area contributed by atoms with E-state index in [-0.39, 0.29) is 5.69 Å². The van der Waals surface area contributed by atoms with Gasteiger partial charge in [-0.15, -0.1) is 10.2 Å². The van der Waals surface area contributed by atoms with Crippen molar-refractivity contribution in [2.24, 2.45) is 0 Å². The summed E-state index contributed by atoms with van der Waals surface area (Å²) in [5.74, 6) is 0.787. The minimum absolute atomic E-state index is 0.0540. The van der Waals surface area contributed by atoms with Crippen LogP contribution in [0.2, 0.25) is 0 Å². The average Bonchev–Trinajstić information content (AvgIpc) is 3.05. The van der Waals surface area contributed by atoms with E-state index in [1.807, 2.05) is 47.0 Å². The van der Waals surface area contributed by atoms with Gasteiger partial charge in [-0.3, -0.25) is 14.5 Å². The molecule has 0 amide bonds. The number of aromatic nitrogens is 4. The second-order valence-corrected chi connectivity index (χ2v) is 6.57. The van der Waals surface area contributed by atoms with Gasteiger partial charge in [0.1, 0.15) is 17.7 Å². The van der Waals surface area contributed by atoms with E-state index < -0.39 is 4.92 Å². The number of rotatable bonds is 5. The number of nitrogens with one attached hydrogen (secondary N) is 1. The molecule has 0 saturated carbocycles. The Kier molecular flexibility index (Phi) is 4.21. The molecule has 0 atom stereocenters. The Morgan fingerprint density at radius 1 is 1.23 bits per heavy atom. The number of hydrogen-bond acceptors (Lipinski definition) is 6. The number of anilines is 1. The molecule has 8 nitrogen and oxygen atoms in total. The van der Waals surface area contributed by atoms with E-state index in [4.69, 9.17) is 0 Å². The molecule has 3 heterocycles. The second kappa shape index (κ2) is 6.68. The van der Waals surface area contributed by atoms with Crippen LogP contribution in [0.25, 0.3) is 16.6 Å². The first-order chi connectivity index (χ1) is 12.6. The zero-order valence-electron chi connectivity index (χ0n) is 13.5. The molecule has 0 radical (unpaired) electrons. The third kappa shape index (κ3) is 2.97. The van der Waals surface area contributed by atoms with E-state index in [0.29, 0.717) is 29.6 Å². The molecule has 1 aromatic carbocycles. The van der Waals surface area contributed by atoms with Gasteiger partial charge in [0.05, 0.1) is 10.4 Å². The van der Waals surface area contributed by atoms with Crippen LogP contribution in [0, 0.1) is 10.1 Å². The van der Waals surface area contributed by atoms with Gasteiger partial charge < -0.3 is 5.32 Å².